The molecule has 178 valence electrons. The monoisotopic (exact) mass is 499 g/mol. The topological polar surface area (TPSA) is 94.6 Å². The van der Waals surface area contributed by atoms with Gasteiger partial charge >= 0.3 is 0 Å². The van der Waals surface area contributed by atoms with Crippen LogP contribution >= 0.6 is 11.6 Å². The molecule has 0 unspecified atom stereocenters. The van der Waals surface area contributed by atoms with Crippen LogP contribution in [0.1, 0.15) is 19.3 Å². The molecule has 0 bridgehead atoms. The Balaban J connectivity index is 1.18. The molecule has 0 spiro atoms. The summed E-state index contributed by atoms with van der Waals surface area (Å²) in [5.74, 6) is -0.243. The molecule has 2 aromatic carbocycles. The Kier molecular flexibility index (Phi) is 6.44. The van der Waals surface area contributed by atoms with Crippen molar-refractivity contribution < 1.29 is 13.2 Å². The van der Waals surface area contributed by atoms with Gasteiger partial charge in [-0.1, -0.05) is 23.7 Å². The number of carbonyl (C=O) groups excluding carboxylic acids is 1. The smallest absolute Gasteiger partial charge is 0.254 e. The van der Waals surface area contributed by atoms with Crippen molar-refractivity contribution in [3.63, 3.8) is 0 Å². The largest absolute Gasteiger partial charge is 0.371 e. The van der Waals surface area contributed by atoms with Crippen molar-refractivity contribution in [3.8, 4) is 0 Å². The van der Waals surface area contributed by atoms with Gasteiger partial charge in [-0.3, -0.25) is 14.8 Å². The van der Waals surface area contributed by atoms with Crippen LogP contribution in [0.2, 0.25) is 5.02 Å². The maximum absolute atomic E-state index is 13.0. The van der Waals surface area contributed by atoms with Crippen molar-refractivity contribution in [1.29, 1.82) is 0 Å². The Morgan fingerprint density at radius 3 is 2.38 bits per heavy atom. The number of nitrogens with zero attached hydrogens (tertiary/aromatic N) is 3. The van der Waals surface area contributed by atoms with Crippen LogP contribution in [0, 0.1) is 0 Å². The lowest BCUT2D eigenvalue weighted by molar-refractivity contribution is -0.132. The quantitative estimate of drug-likeness (QED) is 0.541. The van der Waals surface area contributed by atoms with Gasteiger partial charge in [-0.05, 0) is 66.4 Å². The molecule has 2 N–H and O–H groups in total. The molecule has 10 heteroatoms. The zero-order valence-corrected chi connectivity index (χ0v) is 20.1. The number of sulfonamides is 1. The number of pyridine rings is 1. The zero-order chi connectivity index (χ0) is 23.7. The van der Waals surface area contributed by atoms with Gasteiger partial charge in [-0.2, -0.15) is 4.72 Å². The molecule has 8 nitrogen and oxygen atoms in total. The Labute approximate surface area is 203 Å². The third-order valence-corrected chi connectivity index (χ3v) is 8.15. The van der Waals surface area contributed by atoms with Crippen LogP contribution in [0.3, 0.4) is 0 Å². The number of fused-ring (bicyclic) bond motifs is 1. The lowest BCUT2D eigenvalue weighted by atomic mass is 10.1. The SMILES string of the molecule is O=C1[C@@H](NS(=O)(=O)c2ccc3cc(Cl)ccc3c2)CCN1NC1CCN(c2ccncc2)CC1. The second-order valence-electron chi connectivity index (χ2n) is 8.70. The molecule has 2 aliphatic heterocycles. The number of hydrogen-bond donors (Lipinski definition) is 2. The Hall–Kier alpha value is -2.72. The number of piperidine rings is 1. The molecule has 1 atom stereocenters. The van der Waals surface area contributed by atoms with E-state index in [4.69, 9.17) is 11.6 Å². The number of aromatic nitrogens is 1. The fraction of sp³-hybridized carbons (Fsp3) is 0.333. The van der Waals surface area contributed by atoms with E-state index < -0.39 is 16.1 Å². The first-order valence-corrected chi connectivity index (χ1v) is 13.2. The minimum atomic E-state index is -3.84. The summed E-state index contributed by atoms with van der Waals surface area (Å²) >= 11 is 6.01. The standard InChI is InChI=1S/C24H26ClN5O3S/c25-19-3-1-18-16-22(4-2-17(18)15-19)34(32,33)28-23-9-14-30(24(23)31)27-20-7-12-29(13-8-20)21-5-10-26-11-6-21/h1-6,10-11,15-16,20,23,27-28H,7-9,12-14H2/t23-/m0/s1. The highest BCUT2D eigenvalue weighted by Crippen LogP contribution is 2.24. The van der Waals surface area contributed by atoms with E-state index in [-0.39, 0.29) is 16.8 Å². The Morgan fingerprint density at radius 1 is 0.912 bits per heavy atom. The number of rotatable bonds is 6. The molecule has 2 fully saturated rings. The average Bonchev–Trinajstić information content (AvgIpc) is 3.18. The van der Waals surface area contributed by atoms with Crippen molar-refractivity contribution in [2.75, 3.05) is 24.5 Å². The van der Waals surface area contributed by atoms with Crippen molar-refractivity contribution in [1.82, 2.24) is 20.1 Å². The number of carbonyl (C=O) groups is 1. The van der Waals surface area contributed by atoms with E-state index in [9.17, 15) is 13.2 Å². The van der Waals surface area contributed by atoms with Gasteiger partial charge in [0.2, 0.25) is 10.0 Å². The number of halogens is 1. The van der Waals surface area contributed by atoms with Crippen LogP contribution in [-0.4, -0.2) is 56.0 Å². The van der Waals surface area contributed by atoms with Crippen LogP contribution in [0.25, 0.3) is 10.8 Å². The highest BCUT2D eigenvalue weighted by molar-refractivity contribution is 7.89. The maximum atomic E-state index is 13.0. The molecule has 5 rings (SSSR count). The number of hydrazine groups is 1. The van der Waals surface area contributed by atoms with Crippen LogP contribution in [0.5, 0.6) is 0 Å². The molecular formula is C24H26ClN5O3S. The Morgan fingerprint density at radius 2 is 1.62 bits per heavy atom. The second-order valence-corrected chi connectivity index (χ2v) is 10.9. The predicted molar refractivity (Wildman–Crippen MR) is 132 cm³/mol. The highest BCUT2D eigenvalue weighted by atomic mass is 35.5. The zero-order valence-electron chi connectivity index (χ0n) is 18.5. The van der Waals surface area contributed by atoms with E-state index in [0.29, 0.717) is 18.0 Å². The van der Waals surface area contributed by atoms with Crippen LogP contribution in [-0.2, 0) is 14.8 Å². The number of amides is 1. The number of nitrogens with one attached hydrogen (secondary N) is 2. The van der Waals surface area contributed by atoms with Gasteiger partial charge in [0.05, 0.1) is 4.90 Å². The minimum absolute atomic E-state index is 0.130. The van der Waals surface area contributed by atoms with Gasteiger partial charge in [-0.15, -0.1) is 0 Å². The van der Waals surface area contributed by atoms with Crippen molar-refractivity contribution in [3.05, 3.63) is 65.9 Å². The third-order valence-electron chi connectivity index (χ3n) is 6.45. The van der Waals surface area contributed by atoms with E-state index in [2.05, 4.69) is 20.0 Å². The van der Waals surface area contributed by atoms with Gasteiger partial charge in [0.1, 0.15) is 6.04 Å². The fourth-order valence-corrected chi connectivity index (χ4v) is 6.02. The summed E-state index contributed by atoms with van der Waals surface area (Å²) in [6.07, 6.45) is 5.78. The summed E-state index contributed by atoms with van der Waals surface area (Å²) in [7, 11) is -3.84. The van der Waals surface area contributed by atoms with Crippen LogP contribution in [0.15, 0.2) is 65.8 Å². The van der Waals surface area contributed by atoms with E-state index in [1.165, 1.54) is 6.07 Å². The average molecular weight is 500 g/mol. The molecule has 2 saturated heterocycles. The first kappa shape index (κ1) is 23.0. The summed E-state index contributed by atoms with van der Waals surface area (Å²) in [6.45, 7) is 2.23. The second kappa shape index (κ2) is 9.50. The molecule has 2 aliphatic rings. The first-order valence-electron chi connectivity index (χ1n) is 11.3. The normalized spacial score (nSPS) is 19.8. The molecule has 0 aliphatic carbocycles. The van der Waals surface area contributed by atoms with Crippen LogP contribution in [0.4, 0.5) is 5.69 Å². The fourth-order valence-electron chi connectivity index (χ4n) is 4.58. The van der Waals surface area contributed by atoms with E-state index in [0.717, 1.165) is 42.4 Å². The molecule has 1 aromatic heterocycles. The Bertz CT molecular complexity index is 1300. The third kappa shape index (κ3) is 4.88. The molecule has 34 heavy (non-hydrogen) atoms. The predicted octanol–water partition coefficient (Wildman–Crippen LogP) is 2.94. The van der Waals surface area contributed by atoms with Gasteiger partial charge < -0.3 is 4.90 Å². The summed E-state index contributed by atoms with van der Waals surface area (Å²) < 4.78 is 28.5. The molecular weight excluding hydrogens is 474 g/mol. The van der Waals surface area contributed by atoms with E-state index in [1.807, 2.05) is 12.1 Å². The lowest BCUT2D eigenvalue weighted by Crippen LogP contribution is -2.52. The minimum Gasteiger partial charge on any atom is -0.371 e. The van der Waals surface area contributed by atoms with E-state index in [1.54, 1.807) is 47.7 Å². The van der Waals surface area contributed by atoms with Gasteiger partial charge in [-0.25, -0.2) is 13.8 Å². The maximum Gasteiger partial charge on any atom is 0.254 e. The van der Waals surface area contributed by atoms with Crippen molar-refractivity contribution in [2.45, 2.75) is 36.2 Å². The van der Waals surface area contributed by atoms with Crippen LogP contribution < -0.4 is 15.0 Å². The molecule has 1 amide bonds. The van der Waals surface area contributed by atoms with Crippen molar-refractivity contribution in [2.24, 2.45) is 0 Å². The van der Waals surface area contributed by atoms with Gasteiger partial charge in [0.25, 0.3) is 5.91 Å². The van der Waals surface area contributed by atoms with E-state index >= 15 is 0 Å². The number of hydrogen-bond acceptors (Lipinski definition) is 6. The molecule has 0 saturated carbocycles. The molecule has 3 aromatic rings. The summed E-state index contributed by atoms with van der Waals surface area (Å²) in [5.41, 5.74) is 4.47. The summed E-state index contributed by atoms with van der Waals surface area (Å²) in [5, 5.41) is 3.79. The first-order chi connectivity index (χ1) is 16.4. The van der Waals surface area contributed by atoms with Gasteiger partial charge in [0, 0.05) is 48.8 Å². The van der Waals surface area contributed by atoms with Gasteiger partial charge in [0.15, 0.2) is 0 Å². The molecule has 3 heterocycles. The summed E-state index contributed by atoms with van der Waals surface area (Å²) in [4.78, 5) is 19.4. The summed E-state index contributed by atoms with van der Waals surface area (Å²) in [6, 6.07) is 13.5. The lowest BCUT2D eigenvalue weighted by Gasteiger charge is -2.35. The number of benzene rings is 2. The highest BCUT2D eigenvalue weighted by Gasteiger charge is 2.36. The molecule has 0 radical (unpaired) electrons. The van der Waals surface area contributed by atoms with Crippen molar-refractivity contribution >= 4 is 44.0 Å². The number of anilines is 1.